The van der Waals surface area contributed by atoms with Crippen LogP contribution in [0.3, 0.4) is 0 Å². The number of carbonyl (C=O) groups is 1. The summed E-state index contributed by atoms with van der Waals surface area (Å²) in [6.07, 6.45) is 1.78. The standard InChI is InChI=1S/C19H23N3O4/c1-24-15-13-17(26-3)16(25-2)12-14(15)19(23)22-10-8-21(9-11-22)18-6-4-5-7-20-18/h4-7,12-13H,8-11H2,1-3H3. The van der Waals surface area contributed by atoms with E-state index in [4.69, 9.17) is 14.2 Å². The van der Waals surface area contributed by atoms with Crippen molar-refractivity contribution in [3.63, 3.8) is 0 Å². The fourth-order valence-corrected chi connectivity index (χ4v) is 3.05. The second-order valence-corrected chi connectivity index (χ2v) is 5.87. The molecule has 2 aromatic rings. The molecule has 0 radical (unpaired) electrons. The zero-order chi connectivity index (χ0) is 18.5. The molecular weight excluding hydrogens is 334 g/mol. The number of amides is 1. The smallest absolute Gasteiger partial charge is 0.257 e. The van der Waals surface area contributed by atoms with Gasteiger partial charge in [0, 0.05) is 44.5 Å². The number of rotatable bonds is 5. The quantitative estimate of drug-likeness (QED) is 0.816. The van der Waals surface area contributed by atoms with Crippen LogP contribution in [0.4, 0.5) is 5.82 Å². The molecule has 1 fully saturated rings. The molecule has 7 nitrogen and oxygen atoms in total. The molecule has 0 saturated carbocycles. The lowest BCUT2D eigenvalue weighted by atomic mass is 10.1. The minimum atomic E-state index is -0.0801. The summed E-state index contributed by atoms with van der Waals surface area (Å²) >= 11 is 0. The lowest BCUT2D eigenvalue weighted by Gasteiger charge is -2.35. The van der Waals surface area contributed by atoms with Gasteiger partial charge in [-0.15, -0.1) is 0 Å². The van der Waals surface area contributed by atoms with E-state index in [1.807, 2.05) is 23.1 Å². The van der Waals surface area contributed by atoms with Crippen LogP contribution in [0.2, 0.25) is 0 Å². The van der Waals surface area contributed by atoms with Crippen molar-refractivity contribution >= 4 is 11.7 Å². The molecule has 1 saturated heterocycles. The molecule has 1 aromatic heterocycles. The Bertz CT molecular complexity index is 759. The van der Waals surface area contributed by atoms with Gasteiger partial charge < -0.3 is 24.0 Å². The molecule has 26 heavy (non-hydrogen) atoms. The van der Waals surface area contributed by atoms with Gasteiger partial charge in [0.2, 0.25) is 0 Å². The number of hydrogen-bond donors (Lipinski definition) is 0. The molecule has 138 valence electrons. The summed E-state index contributed by atoms with van der Waals surface area (Å²) < 4.78 is 16.0. The second kappa shape index (κ2) is 7.95. The molecule has 1 aliphatic rings. The number of aromatic nitrogens is 1. The number of benzene rings is 1. The first-order chi connectivity index (χ1) is 12.7. The average molecular weight is 357 g/mol. The monoisotopic (exact) mass is 357 g/mol. The lowest BCUT2D eigenvalue weighted by molar-refractivity contribution is 0.0742. The summed E-state index contributed by atoms with van der Waals surface area (Å²) in [6, 6.07) is 9.19. The summed E-state index contributed by atoms with van der Waals surface area (Å²) in [4.78, 5) is 21.4. The van der Waals surface area contributed by atoms with Crippen LogP contribution in [-0.2, 0) is 0 Å². The molecular formula is C19H23N3O4. The molecule has 0 unspecified atom stereocenters. The molecule has 1 amide bonds. The molecule has 7 heteroatoms. The predicted molar refractivity (Wildman–Crippen MR) is 98.5 cm³/mol. The molecule has 0 spiro atoms. The fraction of sp³-hybridized carbons (Fsp3) is 0.368. The Morgan fingerprint density at radius 2 is 1.58 bits per heavy atom. The van der Waals surface area contributed by atoms with E-state index in [2.05, 4.69) is 9.88 Å². The van der Waals surface area contributed by atoms with Gasteiger partial charge in [0.05, 0.1) is 26.9 Å². The minimum Gasteiger partial charge on any atom is -0.496 e. The van der Waals surface area contributed by atoms with Crippen LogP contribution in [0.15, 0.2) is 36.5 Å². The van der Waals surface area contributed by atoms with Gasteiger partial charge in [-0.2, -0.15) is 0 Å². The Kier molecular flexibility index (Phi) is 5.46. The van der Waals surface area contributed by atoms with Crippen molar-refractivity contribution in [3.8, 4) is 17.2 Å². The Morgan fingerprint density at radius 3 is 2.15 bits per heavy atom. The zero-order valence-corrected chi connectivity index (χ0v) is 15.3. The Labute approximate surface area is 153 Å². The number of anilines is 1. The van der Waals surface area contributed by atoms with Crippen molar-refractivity contribution in [1.29, 1.82) is 0 Å². The van der Waals surface area contributed by atoms with Crippen molar-refractivity contribution in [2.45, 2.75) is 0 Å². The molecule has 1 aliphatic heterocycles. The summed E-state index contributed by atoms with van der Waals surface area (Å²) in [7, 11) is 4.64. The van der Waals surface area contributed by atoms with Crippen molar-refractivity contribution < 1.29 is 19.0 Å². The molecule has 0 aliphatic carbocycles. The van der Waals surface area contributed by atoms with Crippen LogP contribution < -0.4 is 19.1 Å². The zero-order valence-electron chi connectivity index (χ0n) is 15.3. The van der Waals surface area contributed by atoms with E-state index in [0.29, 0.717) is 35.9 Å². The number of carbonyl (C=O) groups excluding carboxylic acids is 1. The lowest BCUT2D eigenvalue weighted by Crippen LogP contribution is -2.49. The number of nitrogens with zero attached hydrogens (tertiary/aromatic N) is 3. The maximum Gasteiger partial charge on any atom is 0.257 e. The Balaban J connectivity index is 1.76. The maximum absolute atomic E-state index is 13.0. The third-order valence-electron chi connectivity index (χ3n) is 4.48. The number of ether oxygens (including phenoxy) is 3. The number of pyridine rings is 1. The van der Waals surface area contributed by atoms with Crippen LogP contribution in [0, 0.1) is 0 Å². The largest absolute Gasteiger partial charge is 0.496 e. The summed E-state index contributed by atoms with van der Waals surface area (Å²) in [5.41, 5.74) is 0.469. The Morgan fingerprint density at radius 1 is 0.923 bits per heavy atom. The van der Waals surface area contributed by atoms with E-state index < -0.39 is 0 Å². The van der Waals surface area contributed by atoms with Gasteiger partial charge in [0.25, 0.3) is 5.91 Å². The van der Waals surface area contributed by atoms with Crippen molar-refractivity contribution in [1.82, 2.24) is 9.88 Å². The summed E-state index contributed by atoms with van der Waals surface area (Å²) in [5, 5.41) is 0. The van der Waals surface area contributed by atoms with Crippen LogP contribution in [-0.4, -0.2) is 63.3 Å². The first-order valence-corrected chi connectivity index (χ1v) is 8.43. The van der Waals surface area contributed by atoms with Crippen molar-refractivity contribution in [2.24, 2.45) is 0 Å². The normalized spacial score (nSPS) is 14.1. The predicted octanol–water partition coefficient (Wildman–Crippen LogP) is 2.07. The van der Waals surface area contributed by atoms with E-state index in [-0.39, 0.29) is 5.91 Å². The van der Waals surface area contributed by atoms with Crippen molar-refractivity contribution in [2.75, 3.05) is 52.4 Å². The van der Waals surface area contributed by atoms with E-state index in [9.17, 15) is 4.79 Å². The van der Waals surface area contributed by atoms with Gasteiger partial charge in [-0.05, 0) is 12.1 Å². The highest BCUT2D eigenvalue weighted by molar-refractivity contribution is 5.98. The second-order valence-electron chi connectivity index (χ2n) is 5.87. The summed E-state index contributed by atoms with van der Waals surface area (Å²) in [6.45, 7) is 2.70. The number of piperazine rings is 1. The molecule has 3 rings (SSSR count). The van der Waals surface area contributed by atoms with Gasteiger partial charge in [0.15, 0.2) is 11.5 Å². The number of hydrogen-bond acceptors (Lipinski definition) is 6. The van der Waals surface area contributed by atoms with E-state index in [1.165, 1.54) is 7.11 Å². The Hall–Kier alpha value is -2.96. The van der Waals surface area contributed by atoms with Gasteiger partial charge in [-0.3, -0.25) is 4.79 Å². The van der Waals surface area contributed by atoms with E-state index in [1.54, 1.807) is 32.5 Å². The minimum absolute atomic E-state index is 0.0801. The fourth-order valence-electron chi connectivity index (χ4n) is 3.05. The third kappa shape index (κ3) is 3.51. The van der Waals surface area contributed by atoms with Crippen molar-refractivity contribution in [3.05, 3.63) is 42.1 Å². The van der Waals surface area contributed by atoms with Gasteiger partial charge in [-0.1, -0.05) is 6.07 Å². The number of methoxy groups -OCH3 is 3. The van der Waals surface area contributed by atoms with Crippen LogP contribution >= 0.6 is 0 Å². The van der Waals surface area contributed by atoms with Crippen LogP contribution in [0.1, 0.15) is 10.4 Å². The van der Waals surface area contributed by atoms with Crippen LogP contribution in [0.25, 0.3) is 0 Å². The van der Waals surface area contributed by atoms with E-state index in [0.717, 1.165) is 18.9 Å². The average Bonchev–Trinajstić information content (AvgIpc) is 2.72. The molecule has 2 heterocycles. The highest BCUT2D eigenvalue weighted by Crippen LogP contribution is 2.35. The SMILES string of the molecule is COc1cc(OC)c(C(=O)N2CCN(c3ccccn3)CC2)cc1OC. The highest BCUT2D eigenvalue weighted by atomic mass is 16.5. The molecule has 0 N–H and O–H groups in total. The first kappa shape index (κ1) is 17.8. The van der Waals surface area contributed by atoms with E-state index >= 15 is 0 Å². The molecule has 1 aromatic carbocycles. The highest BCUT2D eigenvalue weighted by Gasteiger charge is 2.26. The summed E-state index contributed by atoms with van der Waals surface area (Å²) in [5.74, 6) is 2.36. The topological polar surface area (TPSA) is 64.1 Å². The third-order valence-corrected chi connectivity index (χ3v) is 4.48. The molecule has 0 atom stereocenters. The van der Waals surface area contributed by atoms with Gasteiger partial charge in [-0.25, -0.2) is 4.98 Å². The van der Waals surface area contributed by atoms with Gasteiger partial charge >= 0.3 is 0 Å². The van der Waals surface area contributed by atoms with Crippen LogP contribution in [0.5, 0.6) is 17.2 Å². The van der Waals surface area contributed by atoms with Gasteiger partial charge in [0.1, 0.15) is 11.6 Å². The first-order valence-electron chi connectivity index (χ1n) is 8.43. The molecule has 0 bridgehead atoms. The maximum atomic E-state index is 13.0.